The fraction of sp³-hybridized carbons (Fsp3) is 0.385. The quantitative estimate of drug-likeness (QED) is 0.846. The van der Waals surface area contributed by atoms with Crippen molar-refractivity contribution in [2.24, 2.45) is 5.73 Å². The number of rotatable bonds is 3. The molecule has 0 aromatic heterocycles. The third-order valence-corrected chi connectivity index (χ3v) is 3.34. The molecule has 1 saturated heterocycles. The van der Waals surface area contributed by atoms with Crippen molar-refractivity contribution in [2.45, 2.75) is 0 Å². The van der Waals surface area contributed by atoms with E-state index in [1.165, 1.54) is 11.0 Å². The number of carbonyl (C=O) groups is 1. The minimum Gasteiger partial charge on any atom is -0.392 e. The Morgan fingerprint density at radius 1 is 1.20 bits per heavy atom. The molecule has 4 nitrogen and oxygen atoms in total. The molecular weight excluding hydrogens is 284 g/mol. The maximum absolute atomic E-state index is 13.6. The second-order valence-electron chi connectivity index (χ2n) is 4.63. The number of nitrogens with two attached hydrogens (primary N) is 1. The number of halogens is 2. The molecule has 1 aromatic carbocycles. The molecule has 2 rings (SSSR count). The van der Waals surface area contributed by atoms with Gasteiger partial charge in [0.05, 0.1) is 4.99 Å². The van der Waals surface area contributed by atoms with Crippen LogP contribution in [0.15, 0.2) is 18.2 Å². The van der Waals surface area contributed by atoms with Crippen LogP contribution in [-0.2, 0) is 0 Å². The van der Waals surface area contributed by atoms with Crippen LogP contribution in [0, 0.1) is 11.6 Å². The van der Waals surface area contributed by atoms with Crippen molar-refractivity contribution in [2.75, 3.05) is 32.7 Å². The highest BCUT2D eigenvalue weighted by Crippen LogP contribution is 2.16. The molecule has 0 saturated carbocycles. The van der Waals surface area contributed by atoms with Gasteiger partial charge >= 0.3 is 0 Å². The van der Waals surface area contributed by atoms with E-state index in [0.717, 1.165) is 12.1 Å². The van der Waals surface area contributed by atoms with Crippen LogP contribution in [0.4, 0.5) is 8.78 Å². The summed E-state index contributed by atoms with van der Waals surface area (Å²) in [7, 11) is 0. The Morgan fingerprint density at radius 3 is 2.25 bits per heavy atom. The molecule has 1 amide bonds. The molecule has 2 N–H and O–H groups in total. The Hall–Kier alpha value is -1.60. The minimum absolute atomic E-state index is 0.393. The minimum atomic E-state index is -0.833. The topological polar surface area (TPSA) is 49.6 Å². The average Bonchev–Trinajstić information content (AvgIpc) is 2.38. The van der Waals surface area contributed by atoms with Crippen LogP contribution >= 0.6 is 12.2 Å². The highest BCUT2D eigenvalue weighted by atomic mass is 32.1. The Kier molecular flexibility index (Phi) is 4.61. The number of nitrogens with zero attached hydrogens (tertiary/aromatic N) is 2. The van der Waals surface area contributed by atoms with Gasteiger partial charge in [-0.1, -0.05) is 18.3 Å². The smallest absolute Gasteiger partial charge is 0.259 e. The number of piperazine rings is 1. The number of hydrogen-bond donors (Lipinski definition) is 1. The van der Waals surface area contributed by atoms with Gasteiger partial charge in [-0.25, -0.2) is 8.78 Å². The molecular formula is C13H15F2N3OS. The predicted molar refractivity (Wildman–Crippen MR) is 75.5 cm³/mol. The zero-order valence-electron chi connectivity index (χ0n) is 10.8. The fourth-order valence-electron chi connectivity index (χ4n) is 2.19. The summed E-state index contributed by atoms with van der Waals surface area (Å²) in [6.45, 7) is 2.45. The summed E-state index contributed by atoms with van der Waals surface area (Å²) >= 11 is 4.82. The van der Waals surface area contributed by atoms with Crippen molar-refractivity contribution >= 4 is 23.1 Å². The van der Waals surface area contributed by atoms with Gasteiger partial charge in [-0.3, -0.25) is 9.69 Å². The summed E-state index contributed by atoms with van der Waals surface area (Å²) < 4.78 is 27.1. The summed E-state index contributed by atoms with van der Waals surface area (Å²) in [4.78, 5) is 16.0. The van der Waals surface area contributed by atoms with Crippen LogP contribution in [0.3, 0.4) is 0 Å². The SMILES string of the molecule is NC(=S)CN1CCN(C(=O)c2c(F)cccc2F)CC1. The van der Waals surface area contributed by atoms with Crippen LogP contribution in [0.25, 0.3) is 0 Å². The van der Waals surface area contributed by atoms with Crippen molar-refractivity contribution in [3.63, 3.8) is 0 Å². The van der Waals surface area contributed by atoms with Gasteiger partial charge in [-0.05, 0) is 12.1 Å². The molecule has 0 radical (unpaired) electrons. The Labute approximate surface area is 121 Å². The summed E-state index contributed by atoms with van der Waals surface area (Å²) in [5, 5.41) is 0. The van der Waals surface area contributed by atoms with Gasteiger partial charge in [0.15, 0.2) is 0 Å². The summed E-state index contributed by atoms with van der Waals surface area (Å²) in [5.41, 5.74) is 4.97. The van der Waals surface area contributed by atoms with Gasteiger partial charge < -0.3 is 10.6 Å². The first-order chi connectivity index (χ1) is 9.49. The van der Waals surface area contributed by atoms with E-state index < -0.39 is 23.1 Å². The van der Waals surface area contributed by atoms with E-state index in [0.29, 0.717) is 37.7 Å². The Morgan fingerprint density at radius 2 is 1.75 bits per heavy atom. The fourth-order valence-corrected chi connectivity index (χ4v) is 2.37. The molecule has 0 bridgehead atoms. The molecule has 7 heteroatoms. The van der Waals surface area contributed by atoms with Crippen molar-refractivity contribution < 1.29 is 13.6 Å². The van der Waals surface area contributed by atoms with Crippen molar-refractivity contribution in [3.05, 3.63) is 35.4 Å². The molecule has 0 unspecified atom stereocenters. The number of carbonyl (C=O) groups excluding carboxylic acids is 1. The molecule has 1 aromatic rings. The number of hydrogen-bond acceptors (Lipinski definition) is 3. The summed E-state index contributed by atoms with van der Waals surface area (Å²) in [6, 6.07) is 3.40. The molecule has 0 atom stereocenters. The lowest BCUT2D eigenvalue weighted by Gasteiger charge is -2.34. The largest absolute Gasteiger partial charge is 0.392 e. The molecule has 1 aliphatic rings. The van der Waals surface area contributed by atoms with Crippen LogP contribution < -0.4 is 5.73 Å². The predicted octanol–water partition coefficient (Wildman–Crippen LogP) is 1.01. The summed E-state index contributed by atoms with van der Waals surface area (Å²) in [6.07, 6.45) is 0. The maximum Gasteiger partial charge on any atom is 0.259 e. The molecule has 20 heavy (non-hydrogen) atoms. The highest BCUT2D eigenvalue weighted by Gasteiger charge is 2.26. The lowest BCUT2D eigenvalue weighted by atomic mass is 10.1. The first-order valence-electron chi connectivity index (χ1n) is 6.23. The molecule has 108 valence electrons. The van der Waals surface area contributed by atoms with Crippen LogP contribution in [0.1, 0.15) is 10.4 Å². The molecule has 1 aliphatic heterocycles. The van der Waals surface area contributed by atoms with Crippen molar-refractivity contribution in [1.82, 2.24) is 9.80 Å². The van der Waals surface area contributed by atoms with Crippen LogP contribution in [0.5, 0.6) is 0 Å². The van der Waals surface area contributed by atoms with Crippen molar-refractivity contribution in [1.29, 1.82) is 0 Å². The first kappa shape index (κ1) is 14.8. The number of amides is 1. The summed E-state index contributed by atoms with van der Waals surface area (Å²) in [5.74, 6) is -2.28. The van der Waals surface area contributed by atoms with Crippen LogP contribution in [0.2, 0.25) is 0 Å². The van der Waals surface area contributed by atoms with Crippen LogP contribution in [-0.4, -0.2) is 53.4 Å². The van der Waals surface area contributed by atoms with E-state index in [1.54, 1.807) is 0 Å². The van der Waals surface area contributed by atoms with E-state index in [-0.39, 0.29) is 0 Å². The van der Waals surface area contributed by atoms with Gasteiger partial charge in [-0.2, -0.15) is 0 Å². The molecule has 1 heterocycles. The normalized spacial score (nSPS) is 16.2. The standard InChI is InChI=1S/C13H15F2N3OS/c14-9-2-1-3-10(15)12(9)13(19)18-6-4-17(5-7-18)8-11(16)20/h1-3H,4-8H2,(H2,16,20). The number of thiocarbonyl (C=S) groups is 1. The van der Waals surface area contributed by atoms with Gasteiger partial charge in [0.2, 0.25) is 0 Å². The van der Waals surface area contributed by atoms with Gasteiger partial charge in [0, 0.05) is 32.7 Å². The van der Waals surface area contributed by atoms with E-state index in [9.17, 15) is 13.6 Å². The second kappa shape index (κ2) is 6.23. The van der Waals surface area contributed by atoms with E-state index >= 15 is 0 Å². The lowest BCUT2D eigenvalue weighted by Crippen LogP contribution is -2.50. The zero-order valence-corrected chi connectivity index (χ0v) is 11.6. The molecule has 0 spiro atoms. The highest BCUT2D eigenvalue weighted by molar-refractivity contribution is 7.80. The second-order valence-corrected chi connectivity index (χ2v) is 5.16. The monoisotopic (exact) mass is 299 g/mol. The van der Waals surface area contributed by atoms with E-state index in [1.807, 2.05) is 4.90 Å². The number of benzene rings is 1. The molecule has 1 fully saturated rings. The zero-order chi connectivity index (χ0) is 14.7. The third kappa shape index (κ3) is 3.29. The van der Waals surface area contributed by atoms with Crippen molar-refractivity contribution in [3.8, 4) is 0 Å². The molecule has 0 aliphatic carbocycles. The Balaban J connectivity index is 2.04. The first-order valence-corrected chi connectivity index (χ1v) is 6.64. The van der Waals surface area contributed by atoms with Gasteiger partial charge in [0.25, 0.3) is 5.91 Å². The lowest BCUT2D eigenvalue weighted by molar-refractivity contribution is 0.0645. The van der Waals surface area contributed by atoms with E-state index in [4.69, 9.17) is 18.0 Å². The maximum atomic E-state index is 13.6. The van der Waals surface area contributed by atoms with Gasteiger partial charge in [-0.15, -0.1) is 0 Å². The van der Waals surface area contributed by atoms with E-state index in [2.05, 4.69) is 0 Å². The Bertz CT molecular complexity index is 510. The van der Waals surface area contributed by atoms with Gasteiger partial charge in [0.1, 0.15) is 17.2 Å². The average molecular weight is 299 g/mol. The third-order valence-electron chi connectivity index (χ3n) is 3.22.